The number of hydrogen-bond acceptors (Lipinski definition) is 5. The lowest BCUT2D eigenvalue weighted by Gasteiger charge is -2.18. The van der Waals surface area contributed by atoms with Crippen LogP contribution in [-0.4, -0.2) is 15.8 Å². The number of carbonyl (C=O) groups is 1. The van der Waals surface area contributed by atoms with Gasteiger partial charge in [0.15, 0.2) is 5.13 Å². The first kappa shape index (κ1) is 20.4. The molecule has 0 aliphatic heterocycles. The molecule has 1 aromatic heterocycles. The third-order valence-corrected chi connectivity index (χ3v) is 5.58. The molecular weight excluding hydrogens is 417 g/mol. The summed E-state index contributed by atoms with van der Waals surface area (Å²) in [6.07, 6.45) is 2.99. The van der Waals surface area contributed by atoms with E-state index in [-0.39, 0.29) is 17.4 Å². The number of fused-ring (bicyclic) bond motifs is 1. The van der Waals surface area contributed by atoms with Crippen molar-refractivity contribution in [1.29, 1.82) is 0 Å². The molecule has 4 aromatic rings. The normalized spacial score (nSPS) is 11.1. The van der Waals surface area contributed by atoms with Crippen molar-refractivity contribution in [2.75, 3.05) is 4.90 Å². The highest BCUT2D eigenvalue weighted by Gasteiger charge is 2.18. The Labute approximate surface area is 181 Å². The first-order chi connectivity index (χ1) is 15.0. The smallest absolute Gasteiger partial charge is 0.269 e. The molecule has 31 heavy (non-hydrogen) atoms. The Bertz CT molecular complexity index is 1270. The molecule has 3 aromatic carbocycles. The fourth-order valence-corrected chi connectivity index (χ4v) is 3.97. The monoisotopic (exact) mass is 433 g/mol. The van der Waals surface area contributed by atoms with Crippen molar-refractivity contribution < 1.29 is 14.1 Å². The van der Waals surface area contributed by atoms with E-state index in [2.05, 4.69) is 4.98 Å². The van der Waals surface area contributed by atoms with Crippen LogP contribution in [0.1, 0.15) is 11.1 Å². The van der Waals surface area contributed by atoms with Gasteiger partial charge in [-0.25, -0.2) is 9.37 Å². The van der Waals surface area contributed by atoms with Crippen LogP contribution in [-0.2, 0) is 11.3 Å². The Morgan fingerprint density at radius 3 is 2.55 bits per heavy atom. The summed E-state index contributed by atoms with van der Waals surface area (Å²) < 4.78 is 14.2. The predicted octanol–water partition coefficient (Wildman–Crippen LogP) is 5.59. The Balaban J connectivity index is 1.64. The number of nitro groups is 1. The summed E-state index contributed by atoms with van der Waals surface area (Å²) in [5, 5.41) is 11.3. The van der Waals surface area contributed by atoms with Gasteiger partial charge in [0, 0.05) is 18.2 Å². The summed E-state index contributed by atoms with van der Waals surface area (Å²) >= 11 is 1.24. The summed E-state index contributed by atoms with van der Waals surface area (Å²) in [5.41, 5.74) is 2.18. The third-order valence-electron chi connectivity index (χ3n) is 4.54. The maximum atomic E-state index is 13.6. The topological polar surface area (TPSA) is 76.3 Å². The fourth-order valence-electron chi connectivity index (χ4n) is 2.97. The van der Waals surface area contributed by atoms with E-state index in [1.54, 1.807) is 24.3 Å². The molecule has 8 heteroatoms. The summed E-state index contributed by atoms with van der Waals surface area (Å²) in [6, 6.07) is 19.7. The van der Waals surface area contributed by atoms with Gasteiger partial charge in [0.2, 0.25) is 0 Å². The van der Waals surface area contributed by atoms with Crippen molar-refractivity contribution in [1.82, 2.24) is 4.98 Å². The van der Waals surface area contributed by atoms with Crippen LogP contribution in [0.15, 0.2) is 78.9 Å². The number of thiazole rings is 1. The number of nitrogens with zero attached hydrogens (tertiary/aromatic N) is 3. The molecule has 0 atom stereocenters. The molecule has 6 nitrogen and oxygen atoms in total. The zero-order valence-corrected chi connectivity index (χ0v) is 17.0. The molecule has 0 saturated carbocycles. The lowest BCUT2D eigenvalue weighted by atomic mass is 10.2. The molecule has 0 fully saturated rings. The van der Waals surface area contributed by atoms with Crippen LogP contribution in [0, 0.1) is 15.9 Å². The van der Waals surface area contributed by atoms with Crippen LogP contribution >= 0.6 is 11.3 Å². The van der Waals surface area contributed by atoms with Crippen LogP contribution in [0.4, 0.5) is 15.2 Å². The van der Waals surface area contributed by atoms with E-state index in [4.69, 9.17) is 0 Å². The van der Waals surface area contributed by atoms with Crippen LogP contribution in [0.5, 0.6) is 0 Å². The van der Waals surface area contributed by atoms with Crippen LogP contribution < -0.4 is 4.90 Å². The SMILES string of the molecule is O=C(/C=C/c1ccc([N+](=O)[O-])cc1)N(Cc1ccccc1)c1nc2ccc(F)cc2s1. The highest BCUT2D eigenvalue weighted by Crippen LogP contribution is 2.30. The first-order valence-electron chi connectivity index (χ1n) is 9.34. The number of carbonyl (C=O) groups excluding carboxylic acids is 1. The van der Waals surface area contributed by atoms with Crippen molar-refractivity contribution in [2.45, 2.75) is 6.54 Å². The quantitative estimate of drug-likeness (QED) is 0.226. The molecule has 154 valence electrons. The molecule has 0 saturated heterocycles. The van der Waals surface area contributed by atoms with Gasteiger partial charge >= 0.3 is 0 Å². The molecule has 0 spiro atoms. The lowest BCUT2D eigenvalue weighted by Crippen LogP contribution is -2.28. The molecular formula is C23H16FN3O3S. The summed E-state index contributed by atoms with van der Waals surface area (Å²) in [6.45, 7) is 0.298. The zero-order chi connectivity index (χ0) is 21.8. The van der Waals surface area contributed by atoms with Gasteiger partial charge in [-0.15, -0.1) is 0 Å². The van der Waals surface area contributed by atoms with Crippen LogP contribution in [0.2, 0.25) is 0 Å². The minimum absolute atomic E-state index is 0.0177. The highest BCUT2D eigenvalue weighted by molar-refractivity contribution is 7.22. The van der Waals surface area contributed by atoms with E-state index in [9.17, 15) is 19.3 Å². The first-order valence-corrected chi connectivity index (χ1v) is 10.2. The Kier molecular flexibility index (Phi) is 5.81. The molecule has 0 bridgehead atoms. The van der Waals surface area contributed by atoms with Gasteiger partial charge in [-0.1, -0.05) is 41.7 Å². The largest absolute Gasteiger partial charge is 0.280 e. The molecule has 0 aliphatic carbocycles. The van der Waals surface area contributed by atoms with Crippen LogP contribution in [0.25, 0.3) is 16.3 Å². The van der Waals surface area contributed by atoms with Crippen LogP contribution in [0.3, 0.4) is 0 Å². The Hall–Kier alpha value is -3.91. The van der Waals surface area contributed by atoms with Crippen molar-refractivity contribution in [3.05, 3.63) is 106 Å². The molecule has 1 amide bonds. The standard InChI is InChI=1S/C23H16FN3O3S/c24-18-9-12-20-21(14-18)31-23(25-20)26(15-17-4-2-1-3-5-17)22(28)13-8-16-6-10-19(11-7-16)27(29)30/h1-14H,15H2/b13-8+. The summed E-state index contributed by atoms with van der Waals surface area (Å²) in [7, 11) is 0. The fraction of sp³-hybridized carbons (Fsp3) is 0.0435. The van der Waals surface area contributed by atoms with Crippen molar-refractivity contribution >= 4 is 44.4 Å². The number of rotatable bonds is 6. The van der Waals surface area contributed by atoms with Gasteiger partial charge in [0.1, 0.15) is 5.82 Å². The minimum Gasteiger partial charge on any atom is -0.280 e. The molecule has 0 aliphatic rings. The number of hydrogen-bond donors (Lipinski definition) is 0. The molecule has 1 heterocycles. The van der Waals surface area contributed by atoms with E-state index in [0.717, 1.165) is 5.56 Å². The van der Waals surface area contributed by atoms with E-state index in [1.165, 1.54) is 46.6 Å². The van der Waals surface area contributed by atoms with Gasteiger partial charge in [0.25, 0.3) is 11.6 Å². The molecule has 4 rings (SSSR count). The maximum Gasteiger partial charge on any atom is 0.269 e. The minimum atomic E-state index is -0.476. The maximum absolute atomic E-state index is 13.6. The number of nitro benzene ring substituents is 1. The number of halogens is 1. The predicted molar refractivity (Wildman–Crippen MR) is 119 cm³/mol. The number of amides is 1. The summed E-state index contributed by atoms with van der Waals surface area (Å²) in [5.74, 6) is -0.663. The van der Waals surface area contributed by atoms with Gasteiger partial charge in [-0.3, -0.25) is 19.8 Å². The van der Waals surface area contributed by atoms with E-state index in [1.807, 2.05) is 30.3 Å². The molecule has 0 radical (unpaired) electrons. The number of non-ortho nitro benzene ring substituents is 1. The van der Waals surface area contributed by atoms with E-state index in [0.29, 0.717) is 27.5 Å². The van der Waals surface area contributed by atoms with Crippen molar-refractivity contribution in [2.24, 2.45) is 0 Å². The average Bonchev–Trinajstić information content (AvgIpc) is 3.19. The average molecular weight is 433 g/mol. The zero-order valence-electron chi connectivity index (χ0n) is 16.1. The second-order valence-corrected chi connectivity index (χ2v) is 7.71. The Morgan fingerprint density at radius 2 is 1.84 bits per heavy atom. The number of anilines is 1. The second kappa shape index (κ2) is 8.85. The van der Waals surface area contributed by atoms with Gasteiger partial charge < -0.3 is 0 Å². The summed E-state index contributed by atoms with van der Waals surface area (Å²) in [4.78, 5) is 29.4. The number of aromatic nitrogens is 1. The highest BCUT2D eigenvalue weighted by atomic mass is 32.1. The van der Waals surface area contributed by atoms with Crippen molar-refractivity contribution in [3.63, 3.8) is 0 Å². The van der Waals surface area contributed by atoms with Gasteiger partial charge in [-0.2, -0.15) is 0 Å². The molecule has 0 unspecified atom stereocenters. The Morgan fingerprint density at radius 1 is 1.10 bits per heavy atom. The lowest BCUT2D eigenvalue weighted by molar-refractivity contribution is -0.384. The van der Waals surface area contributed by atoms with E-state index < -0.39 is 4.92 Å². The van der Waals surface area contributed by atoms with Crippen molar-refractivity contribution in [3.8, 4) is 0 Å². The number of benzene rings is 3. The van der Waals surface area contributed by atoms with Gasteiger partial charge in [0.05, 0.1) is 21.7 Å². The van der Waals surface area contributed by atoms with Gasteiger partial charge in [-0.05, 0) is 47.5 Å². The molecule has 0 N–H and O–H groups in total. The third kappa shape index (κ3) is 4.81. The second-order valence-electron chi connectivity index (χ2n) is 6.70. The van der Waals surface area contributed by atoms with E-state index >= 15 is 0 Å².